The summed E-state index contributed by atoms with van der Waals surface area (Å²) in [6, 6.07) is 0. The molecule has 2 aliphatic heterocycles. The first-order chi connectivity index (χ1) is 7.58. The first kappa shape index (κ1) is 13.3. The lowest BCUT2D eigenvalue weighted by atomic mass is 9.76. The summed E-state index contributed by atoms with van der Waals surface area (Å²) in [5, 5.41) is 10.4. The highest BCUT2D eigenvalue weighted by atomic mass is 32.2. The van der Waals surface area contributed by atoms with Gasteiger partial charge < -0.3 is 10.8 Å². The van der Waals surface area contributed by atoms with Gasteiger partial charge in [-0.05, 0) is 19.3 Å². The minimum atomic E-state index is -3.25. The number of sulfone groups is 2. The minimum absolute atomic E-state index is 0.0742. The summed E-state index contributed by atoms with van der Waals surface area (Å²) in [6.45, 7) is 0. The van der Waals surface area contributed by atoms with E-state index in [0.29, 0.717) is 0 Å². The van der Waals surface area contributed by atoms with E-state index < -0.39 is 30.8 Å². The fourth-order valence-corrected chi connectivity index (χ4v) is 6.10. The molecule has 6 nitrogen and oxygen atoms in total. The van der Waals surface area contributed by atoms with Crippen molar-refractivity contribution in [3.63, 3.8) is 0 Å². The van der Waals surface area contributed by atoms with Crippen LogP contribution in [0, 0.1) is 0 Å². The van der Waals surface area contributed by atoms with Crippen LogP contribution in [0.3, 0.4) is 0 Å². The van der Waals surface area contributed by atoms with Crippen LogP contribution in [0.4, 0.5) is 0 Å². The standard InChI is InChI=1S/C9H17NO5S2/c10-8(1-4-16(12,13)5-2-8)9(11)3-6-17(14,15)7-9/h11H,1-7,10H2. The molecule has 2 saturated heterocycles. The monoisotopic (exact) mass is 283 g/mol. The second kappa shape index (κ2) is 3.66. The summed E-state index contributed by atoms with van der Waals surface area (Å²) in [7, 11) is -6.33. The Hall–Kier alpha value is -0.180. The summed E-state index contributed by atoms with van der Waals surface area (Å²) in [4.78, 5) is 0. The molecule has 2 aliphatic rings. The minimum Gasteiger partial charge on any atom is -0.387 e. The van der Waals surface area contributed by atoms with Gasteiger partial charge in [-0.3, -0.25) is 0 Å². The first-order valence-corrected chi connectivity index (χ1v) is 9.14. The largest absolute Gasteiger partial charge is 0.387 e. The molecule has 0 aromatic heterocycles. The normalized spacial score (nSPS) is 38.9. The Morgan fingerprint density at radius 1 is 0.882 bits per heavy atom. The number of nitrogens with two attached hydrogens (primary N) is 1. The summed E-state index contributed by atoms with van der Waals surface area (Å²) in [5.74, 6) is -0.580. The van der Waals surface area contributed by atoms with Gasteiger partial charge in [-0.1, -0.05) is 0 Å². The van der Waals surface area contributed by atoms with E-state index in [2.05, 4.69) is 0 Å². The van der Waals surface area contributed by atoms with Gasteiger partial charge >= 0.3 is 0 Å². The van der Waals surface area contributed by atoms with E-state index in [9.17, 15) is 21.9 Å². The Kier molecular flexibility index (Phi) is 2.85. The Bertz CT molecular complexity index is 510. The van der Waals surface area contributed by atoms with E-state index in [4.69, 9.17) is 5.73 Å². The third-order valence-corrected chi connectivity index (χ3v) is 7.33. The molecular weight excluding hydrogens is 266 g/mol. The maximum absolute atomic E-state index is 11.4. The first-order valence-electron chi connectivity index (χ1n) is 5.50. The molecule has 2 fully saturated rings. The molecule has 3 N–H and O–H groups in total. The molecule has 2 heterocycles. The summed E-state index contributed by atoms with van der Waals surface area (Å²) in [5.41, 5.74) is 3.50. The van der Waals surface area contributed by atoms with Gasteiger partial charge in [0.1, 0.15) is 9.84 Å². The molecule has 0 saturated carbocycles. The van der Waals surface area contributed by atoms with Crippen molar-refractivity contribution in [3.8, 4) is 0 Å². The molecule has 8 heteroatoms. The molecule has 17 heavy (non-hydrogen) atoms. The smallest absolute Gasteiger partial charge is 0.153 e. The third-order valence-electron chi connectivity index (χ3n) is 3.93. The molecule has 1 atom stereocenters. The number of rotatable bonds is 1. The van der Waals surface area contributed by atoms with Crippen molar-refractivity contribution in [1.29, 1.82) is 0 Å². The van der Waals surface area contributed by atoms with Crippen LogP contribution in [0.25, 0.3) is 0 Å². The average molecular weight is 283 g/mol. The van der Waals surface area contributed by atoms with Gasteiger partial charge in [0, 0.05) is 5.54 Å². The van der Waals surface area contributed by atoms with Gasteiger partial charge in [0.15, 0.2) is 9.84 Å². The SMILES string of the molecule is NC1(C2(O)CCS(=O)(=O)C2)CCS(=O)(=O)CC1. The van der Waals surface area contributed by atoms with Crippen LogP contribution in [-0.2, 0) is 19.7 Å². The van der Waals surface area contributed by atoms with E-state index in [1.807, 2.05) is 0 Å². The molecule has 0 radical (unpaired) electrons. The van der Waals surface area contributed by atoms with Gasteiger partial charge in [0.25, 0.3) is 0 Å². The molecular formula is C9H17NO5S2. The van der Waals surface area contributed by atoms with Crippen molar-refractivity contribution < 1.29 is 21.9 Å². The Labute approximate surface area is 101 Å². The predicted octanol–water partition coefficient (Wildman–Crippen LogP) is -1.56. The summed E-state index contributed by atoms with van der Waals surface area (Å²) >= 11 is 0. The second-order valence-electron chi connectivity index (χ2n) is 5.18. The number of hydrogen-bond donors (Lipinski definition) is 2. The third kappa shape index (κ3) is 2.35. The highest BCUT2D eigenvalue weighted by molar-refractivity contribution is 7.91. The van der Waals surface area contributed by atoms with Crippen molar-refractivity contribution in [3.05, 3.63) is 0 Å². The lowest BCUT2D eigenvalue weighted by Gasteiger charge is -2.44. The maximum Gasteiger partial charge on any atom is 0.153 e. The van der Waals surface area contributed by atoms with Gasteiger partial charge in [0.05, 0.1) is 28.6 Å². The van der Waals surface area contributed by atoms with Crippen molar-refractivity contribution in [2.45, 2.75) is 30.4 Å². The zero-order valence-electron chi connectivity index (χ0n) is 9.42. The highest BCUT2D eigenvalue weighted by Gasteiger charge is 2.55. The quantitative estimate of drug-likeness (QED) is 0.601. The van der Waals surface area contributed by atoms with Crippen molar-refractivity contribution >= 4 is 19.7 Å². The van der Waals surface area contributed by atoms with Gasteiger partial charge in [-0.25, -0.2) is 16.8 Å². The molecule has 100 valence electrons. The van der Waals surface area contributed by atoms with Gasteiger partial charge in [-0.2, -0.15) is 0 Å². The van der Waals surface area contributed by atoms with E-state index in [1.54, 1.807) is 0 Å². The van der Waals surface area contributed by atoms with Crippen molar-refractivity contribution in [2.24, 2.45) is 5.73 Å². The average Bonchev–Trinajstić information content (AvgIpc) is 2.48. The molecule has 0 aromatic carbocycles. The lowest BCUT2D eigenvalue weighted by molar-refractivity contribution is -0.0177. The number of hydrogen-bond acceptors (Lipinski definition) is 6. The fourth-order valence-electron chi connectivity index (χ4n) is 2.59. The number of aliphatic hydroxyl groups is 1. The van der Waals surface area contributed by atoms with E-state index >= 15 is 0 Å². The summed E-state index contributed by atoms with van der Waals surface area (Å²) < 4.78 is 45.5. The van der Waals surface area contributed by atoms with Crippen LogP contribution in [0.1, 0.15) is 19.3 Å². The van der Waals surface area contributed by atoms with E-state index in [0.717, 1.165) is 0 Å². The van der Waals surface area contributed by atoms with E-state index in [1.165, 1.54) is 0 Å². The fraction of sp³-hybridized carbons (Fsp3) is 1.00. The molecule has 0 spiro atoms. The Morgan fingerprint density at radius 2 is 1.35 bits per heavy atom. The molecule has 1 unspecified atom stereocenters. The molecule has 0 aliphatic carbocycles. The lowest BCUT2D eigenvalue weighted by Crippen LogP contribution is -2.64. The van der Waals surface area contributed by atoms with Crippen molar-refractivity contribution in [2.75, 3.05) is 23.0 Å². The maximum atomic E-state index is 11.4. The molecule has 0 aromatic rings. The van der Waals surface area contributed by atoms with Crippen LogP contribution in [0.5, 0.6) is 0 Å². The van der Waals surface area contributed by atoms with Crippen LogP contribution in [0.15, 0.2) is 0 Å². The van der Waals surface area contributed by atoms with E-state index in [-0.39, 0.29) is 42.3 Å². The predicted molar refractivity (Wildman–Crippen MR) is 63.0 cm³/mol. The Balaban J connectivity index is 2.23. The zero-order chi connectivity index (χ0) is 12.9. The van der Waals surface area contributed by atoms with Crippen molar-refractivity contribution in [1.82, 2.24) is 0 Å². The van der Waals surface area contributed by atoms with Crippen LogP contribution in [0.2, 0.25) is 0 Å². The molecule has 0 amide bonds. The topological polar surface area (TPSA) is 115 Å². The van der Waals surface area contributed by atoms with Gasteiger partial charge in [0.2, 0.25) is 0 Å². The highest BCUT2D eigenvalue weighted by Crippen LogP contribution is 2.38. The van der Waals surface area contributed by atoms with Crippen LogP contribution in [-0.4, -0.2) is 56.1 Å². The second-order valence-corrected chi connectivity index (χ2v) is 9.67. The Morgan fingerprint density at radius 3 is 1.76 bits per heavy atom. The summed E-state index contributed by atoms with van der Waals surface area (Å²) in [6.07, 6.45) is 0.356. The van der Waals surface area contributed by atoms with Crippen LogP contribution < -0.4 is 5.73 Å². The molecule has 0 bridgehead atoms. The molecule has 2 rings (SSSR count). The zero-order valence-corrected chi connectivity index (χ0v) is 11.1. The van der Waals surface area contributed by atoms with Crippen LogP contribution >= 0.6 is 0 Å². The van der Waals surface area contributed by atoms with Gasteiger partial charge in [-0.15, -0.1) is 0 Å².